The quantitative estimate of drug-likeness (QED) is 0.708. The van der Waals surface area contributed by atoms with Crippen LogP contribution in [0.1, 0.15) is 50.7 Å². The summed E-state index contributed by atoms with van der Waals surface area (Å²) in [6.07, 6.45) is 3.20. The Labute approximate surface area is 176 Å². The number of hydrogen-bond acceptors (Lipinski definition) is 5. The van der Waals surface area contributed by atoms with Crippen LogP contribution in [0.5, 0.6) is 0 Å². The van der Waals surface area contributed by atoms with Crippen LogP contribution in [0.4, 0.5) is 5.69 Å². The molecule has 2 atom stereocenters. The molecule has 0 aromatic heterocycles. The largest absolute Gasteiger partial charge is 0.465 e. The molecule has 7 heteroatoms. The molecule has 0 saturated carbocycles. The van der Waals surface area contributed by atoms with Gasteiger partial charge in [-0.2, -0.15) is 0 Å². The Kier molecular flexibility index (Phi) is 6.84. The van der Waals surface area contributed by atoms with Gasteiger partial charge in [-0.25, -0.2) is 9.59 Å². The number of esters is 2. The Hall–Kier alpha value is -3.19. The maximum Gasteiger partial charge on any atom is 0.337 e. The average Bonchev–Trinajstić information content (AvgIpc) is 2.77. The molecule has 2 aromatic rings. The van der Waals surface area contributed by atoms with Crippen LogP contribution in [0.15, 0.2) is 42.5 Å². The van der Waals surface area contributed by atoms with Crippen molar-refractivity contribution in [2.75, 3.05) is 33.1 Å². The SMILES string of the molecule is COC(=O)c1cc(NC(=O)C[NH+](C)[C@@H]2CCCc3ccccc32)cc(C(=O)OC)c1. The third-order valence-corrected chi connectivity index (χ3v) is 5.46. The molecule has 1 aliphatic rings. The van der Waals surface area contributed by atoms with E-state index in [-0.39, 0.29) is 29.6 Å². The smallest absolute Gasteiger partial charge is 0.337 e. The van der Waals surface area contributed by atoms with Gasteiger partial charge >= 0.3 is 11.9 Å². The van der Waals surface area contributed by atoms with E-state index in [1.165, 1.54) is 43.5 Å². The van der Waals surface area contributed by atoms with Crippen molar-refractivity contribution in [1.82, 2.24) is 0 Å². The Balaban J connectivity index is 1.74. The summed E-state index contributed by atoms with van der Waals surface area (Å²) in [6.45, 7) is 0.259. The van der Waals surface area contributed by atoms with Gasteiger partial charge in [0.25, 0.3) is 5.91 Å². The van der Waals surface area contributed by atoms with Crippen LogP contribution in [0.2, 0.25) is 0 Å². The number of nitrogens with one attached hydrogen (secondary N) is 2. The number of amides is 1. The van der Waals surface area contributed by atoms with E-state index in [0.29, 0.717) is 5.69 Å². The van der Waals surface area contributed by atoms with Crippen LogP contribution in [0.25, 0.3) is 0 Å². The number of aryl methyl sites for hydroxylation is 1. The van der Waals surface area contributed by atoms with Gasteiger partial charge in [-0.1, -0.05) is 24.3 Å². The zero-order valence-corrected chi connectivity index (χ0v) is 17.5. The summed E-state index contributed by atoms with van der Waals surface area (Å²) in [6, 6.07) is 13.0. The highest BCUT2D eigenvalue weighted by molar-refractivity contribution is 5.99. The van der Waals surface area contributed by atoms with Crippen molar-refractivity contribution in [3.05, 3.63) is 64.7 Å². The molecule has 0 radical (unpaired) electrons. The third-order valence-electron chi connectivity index (χ3n) is 5.46. The van der Waals surface area contributed by atoms with Gasteiger partial charge in [0.15, 0.2) is 6.54 Å². The maximum absolute atomic E-state index is 12.7. The van der Waals surface area contributed by atoms with Gasteiger partial charge in [0.2, 0.25) is 0 Å². The summed E-state index contributed by atoms with van der Waals surface area (Å²) >= 11 is 0. The number of methoxy groups -OCH3 is 2. The number of anilines is 1. The molecule has 1 amide bonds. The summed E-state index contributed by atoms with van der Waals surface area (Å²) < 4.78 is 9.47. The first-order chi connectivity index (χ1) is 14.4. The van der Waals surface area contributed by atoms with E-state index in [9.17, 15) is 14.4 Å². The Morgan fingerprint density at radius 1 is 1.03 bits per heavy atom. The summed E-state index contributed by atoms with van der Waals surface area (Å²) in [4.78, 5) is 37.7. The van der Waals surface area contributed by atoms with E-state index >= 15 is 0 Å². The molecular weight excluding hydrogens is 384 g/mol. The highest BCUT2D eigenvalue weighted by atomic mass is 16.5. The normalized spacial score (nSPS) is 16.2. The summed E-state index contributed by atoms with van der Waals surface area (Å²) in [5, 5.41) is 2.80. The predicted molar refractivity (Wildman–Crippen MR) is 112 cm³/mol. The molecule has 3 rings (SSSR count). The molecule has 1 aliphatic carbocycles. The Morgan fingerprint density at radius 2 is 1.67 bits per heavy atom. The number of likely N-dealkylation sites (N-methyl/N-ethyl adjacent to an activating group) is 1. The minimum Gasteiger partial charge on any atom is -0.465 e. The van der Waals surface area contributed by atoms with Crippen molar-refractivity contribution < 1.29 is 28.8 Å². The lowest BCUT2D eigenvalue weighted by Gasteiger charge is -2.30. The van der Waals surface area contributed by atoms with Crippen LogP contribution < -0.4 is 10.2 Å². The molecule has 2 N–H and O–H groups in total. The van der Waals surface area contributed by atoms with Crippen LogP contribution in [-0.2, 0) is 20.7 Å². The number of quaternary nitrogens is 1. The molecule has 0 fully saturated rings. The molecule has 0 aliphatic heterocycles. The Morgan fingerprint density at radius 3 is 2.30 bits per heavy atom. The van der Waals surface area contributed by atoms with E-state index in [1.807, 2.05) is 13.1 Å². The fraction of sp³-hybridized carbons (Fsp3) is 0.348. The molecule has 0 saturated heterocycles. The standard InChI is InChI=1S/C23H26N2O5/c1-25(20-10-6-8-15-7-4-5-9-19(15)20)14-21(26)24-18-12-16(22(27)29-2)11-17(13-18)23(28)30-3/h4-5,7,9,11-13,20H,6,8,10,14H2,1-3H3,(H,24,26)/p+1/t20-/m1/s1. The van der Waals surface area contributed by atoms with E-state index in [4.69, 9.17) is 9.47 Å². The number of fused-ring (bicyclic) bond motifs is 1. The number of ether oxygens (including phenoxy) is 2. The lowest BCUT2D eigenvalue weighted by Crippen LogP contribution is -3.10. The first-order valence-electron chi connectivity index (χ1n) is 9.94. The van der Waals surface area contributed by atoms with Crippen molar-refractivity contribution in [2.24, 2.45) is 0 Å². The number of benzene rings is 2. The zero-order valence-electron chi connectivity index (χ0n) is 17.5. The van der Waals surface area contributed by atoms with E-state index in [2.05, 4.69) is 23.5 Å². The fourth-order valence-corrected chi connectivity index (χ4v) is 4.02. The van der Waals surface area contributed by atoms with Crippen molar-refractivity contribution in [3.63, 3.8) is 0 Å². The van der Waals surface area contributed by atoms with Gasteiger partial charge < -0.3 is 19.7 Å². The van der Waals surface area contributed by atoms with Gasteiger partial charge in [0.1, 0.15) is 6.04 Å². The zero-order chi connectivity index (χ0) is 21.7. The monoisotopic (exact) mass is 411 g/mol. The van der Waals surface area contributed by atoms with Crippen molar-refractivity contribution in [3.8, 4) is 0 Å². The predicted octanol–water partition coefficient (Wildman–Crippen LogP) is 1.79. The summed E-state index contributed by atoms with van der Waals surface area (Å²) in [5.41, 5.74) is 3.33. The van der Waals surface area contributed by atoms with Crippen LogP contribution in [0.3, 0.4) is 0 Å². The average molecular weight is 411 g/mol. The topological polar surface area (TPSA) is 86.1 Å². The second-order valence-corrected chi connectivity index (χ2v) is 7.50. The second kappa shape index (κ2) is 9.54. The van der Waals surface area contributed by atoms with Gasteiger partial charge in [-0.05, 0) is 36.6 Å². The first-order valence-corrected chi connectivity index (χ1v) is 9.94. The molecule has 0 bridgehead atoms. The van der Waals surface area contributed by atoms with Gasteiger partial charge in [-0.3, -0.25) is 4.79 Å². The van der Waals surface area contributed by atoms with E-state index in [1.54, 1.807) is 0 Å². The number of carbonyl (C=O) groups is 3. The Bertz CT molecular complexity index is 922. The maximum atomic E-state index is 12.7. The number of rotatable bonds is 6. The van der Waals surface area contributed by atoms with Gasteiger partial charge in [0, 0.05) is 17.7 Å². The number of hydrogen-bond donors (Lipinski definition) is 2. The molecule has 7 nitrogen and oxygen atoms in total. The summed E-state index contributed by atoms with van der Waals surface area (Å²) in [7, 11) is 4.52. The minimum atomic E-state index is -0.599. The molecule has 0 spiro atoms. The molecule has 2 aromatic carbocycles. The molecule has 0 heterocycles. The molecule has 1 unspecified atom stereocenters. The number of carbonyl (C=O) groups excluding carboxylic acids is 3. The van der Waals surface area contributed by atoms with Crippen molar-refractivity contribution in [1.29, 1.82) is 0 Å². The fourth-order valence-electron chi connectivity index (χ4n) is 4.02. The lowest BCUT2D eigenvalue weighted by atomic mass is 9.87. The lowest BCUT2D eigenvalue weighted by molar-refractivity contribution is -0.905. The van der Waals surface area contributed by atoms with Crippen LogP contribution in [-0.4, -0.2) is 45.7 Å². The minimum absolute atomic E-state index is 0.164. The van der Waals surface area contributed by atoms with Crippen molar-refractivity contribution in [2.45, 2.75) is 25.3 Å². The third kappa shape index (κ3) is 4.86. The van der Waals surface area contributed by atoms with Gasteiger partial charge in [0.05, 0.1) is 32.4 Å². The van der Waals surface area contributed by atoms with E-state index < -0.39 is 11.9 Å². The van der Waals surface area contributed by atoms with Crippen molar-refractivity contribution >= 4 is 23.5 Å². The highest BCUT2D eigenvalue weighted by Gasteiger charge is 2.28. The van der Waals surface area contributed by atoms with E-state index in [0.717, 1.165) is 24.2 Å². The second-order valence-electron chi connectivity index (χ2n) is 7.50. The molecule has 30 heavy (non-hydrogen) atoms. The van der Waals surface area contributed by atoms with Crippen LogP contribution >= 0.6 is 0 Å². The molecule has 158 valence electrons. The summed E-state index contributed by atoms with van der Waals surface area (Å²) in [5.74, 6) is -1.40. The highest BCUT2D eigenvalue weighted by Crippen LogP contribution is 2.27. The van der Waals surface area contributed by atoms with Gasteiger partial charge in [-0.15, -0.1) is 0 Å². The first kappa shape index (κ1) is 21.5. The van der Waals surface area contributed by atoms with Crippen LogP contribution in [0, 0.1) is 0 Å². The molecular formula is C23H27N2O5+.